The van der Waals surface area contributed by atoms with Crippen LogP contribution in [0.15, 0.2) is 60.0 Å². The van der Waals surface area contributed by atoms with Crippen molar-refractivity contribution in [1.82, 2.24) is 9.88 Å². The van der Waals surface area contributed by atoms with Gasteiger partial charge in [0.05, 0.1) is 0 Å². The minimum atomic E-state index is -0.494. The maximum Gasteiger partial charge on any atom is 0.263 e. The fraction of sp³-hybridized carbons (Fsp3) is 0.192. The van der Waals surface area contributed by atoms with Gasteiger partial charge in [-0.05, 0) is 74.4 Å². The zero-order chi connectivity index (χ0) is 24.3. The largest absolute Gasteiger partial charge is 0.456 e. The molecule has 0 unspecified atom stereocenters. The number of ketones is 1. The Morgan fingerprint density at radius 1 is 1.15 bits per heavy atom. The second-order valence-corrected chi connectivity index (χ2v) is 7.67. The smallest absolute Gasteiger partial charge is 0.263 e. The molecule has 0 aliphatic heterocycles. The summed E-state index contributed by atoms with van der Waals surface area (Å²) in [7, 11) is 1.54. The third-order valence-electron chi connectivity index (χ3n) is 5.16. The summed E-state index contributed by atoms with van der Waals surface area (Å²) in [6.45, 7) is 9.13. The molecule has 0 saturated carbocycles. The summed E-state index contributed by atoms with van der Waals surface area (Å²) in [6, 6.07) is 9.07. The van der Waals surface area contributed by atoms with Crippen LogP contribution in [-0.2, 0) is 7.05 Å². The van der Waals surface area contributed by atoms with E-state index in [0.717, 1.165) is 0 Å². The molecule has 3 rings (SSSR count). The molecule has 0 atom stereocenters. The molecule has 1 heterocycles. The predicted octanol–water partition coefficient (Wildman–Crippen LogP) is 4.72. The van der Waals surface area contributed by atoms with Gasteiger partial charge in [0.15, 0.2) is 5.78 Å². The van der Waals surface area contributed by atoms with E-state index in [9.17, 15) is 18.8 Å². The van der Waals surface area contributed by atoms with Gasteiger partial charge in [-0.2, -0.15) is 0 Å². The summed E-state index contributed by atoms with van der Waals surface area (Å²) < 4.78 is 21.2. The Morgan fingerprint density at radius 2 is 1.82 bits per heavy atom. The van der Waals surface area contributed by atoms with Gasteiger partial charge in [0.1, 0.15) is 22.9 Å². The van der Waals surface area contributed by atoms with Crippen molar-refractivity contribution in [3.05, 3.63) is 93.7 Å². The Bertz CT molecular complexity index is 1300. The van der Waals surface area contributed by atoms with Crippen LogP contribution in [0.5, 0.6) is 11.5 Å². The molecule has 0 saturated heterocycles. The molecule has 6 nitrogen and oxygen atoms in total. The molecule has 7 heteroatoms. The number of hydrogen-bond acceptors (Lipinski definition) is 4. The number of carbonyl (C=O) groups excluding carboxylic acids is 2. The highest BCUT2D eigenvalue weighted by molar-refractivity contribution is 6.05. The summed E-state index contributed by atoms with van der Waals surface area (Å²) in [6.07, 6.45) is 2.77. The van der Waals surface area contributed by atoms with Crippen LogP contribution in [0.25, 0.3) is 11.1 Å². The van der Waals surface area contributed by atoms with Crippen LogP contribution in [0.1, 0.15) is 38.8 Å². The predicted molar refractivity (Wildman–Crippen MR) is 126 cm³/mol. The van der Waals surface area contributed by atoms with E-state index in [-0.39, 0.29) is 17.2 Å². The van der Waals surface area contributed by atoms with E-state index in [2.05, 4.69) is 11.9 Å². The molecule has 2 aromatic carbocycles. The van der Waals surface area contributed by atoms with Crippen molar-refractivity contribution in [2.75, 3.05) is 6.54 Å². The Morgan fingerprint density at radius 3 is 2.42 bits per heavy atom. The van der Waals surface area contributed by atoms with Gasteiger partial charge in [0.2, 0.25) is 0 Å². The van der Waals surface area contributed by atoms with Gasteiger partial charge in [0.25, 0.3) is 11.5 Å². The molecule has 0 radical (unpaired) electrons. The van der Waals surface area contributed by atoms with E-state index in [4.69, 9.17) is 4.74 Å². The molecule has 0 spiro atoms. The lowest BCUT2D eigenvalue weighted by molar-refractivity contribution is 0.0953. The van der Waals surface area contributed by atoms with Crippen molar-refractivity contribution in [3.63, 3.8) is 0 Å². The highest BCUT2D eigenvalue weighted by Crippen LogP contribution is 2.37. The lowest BCUT2D eigenvalue weighted by Crippen LogP contribution is -2.32. The Kier molecular flexibility index (Phi) is 6.92. The van der Waals surface area contributed by atoms with Crippen LogP contribution >= 0.6 is 0 Å². The number of nitrogens with zero attached hydrogens (tertiary/aromatic N) is 1. The summed E-state index contributed by atoms with van der Waals surface area (Å²) in [5, 5.41) is 2.64. The van der Waals surface area contributed by atoms with E-state index < -0.39 is 11.5 Å². The maximum absolute atomic E-state index is 13.8. The van der Waals surface area contributed by atoms with Gasteiger partial charge in [0, 0.05) is 36.5 Å². The van der Waals surface area contributed by atoms with Gasteiger partial charge < -0.3 is 14.6 Å². The molecule has 170 valence electrons. The number of carbonyl (C=O) groups is 2. The zero-order valence-corrected chi connectivity index (χ0v) is 19.0. The quantitative estimate of drug-likeness (QED) is 0.419. The first-order valence-electron chi connectivity index (χ1n) is 10.4. The highest BCUT2D eigenvalue weighted by atomic mass is 19.1. The van der Waals surface area contributed by atoms with E-state index in [1.165, 1.54) is 28.8 Å². The van der Waals surface area contributed by atoms with Crippen molar-refractivity contribution in [3.8, 4) is 22.6 Å². The Balaban J connectivity index is 2.24. The summed E-state index contributed by atoms with van der Waals surface area (Å²) in [5.41, 5.74) is 2.10. The van der Waals surface area contributed by atoms with Crippen LogP contribution in [0, 0.1) is 19.7 Å². The first-order valence-corrected chi connectivity index (χ1v) is 10.4. The van der Waals surface area contributed by atoms with Crippen LogP contribution < -0.4 is 15.6 Å². The number of aromatic nitrogens is 1. The monoisotopic (exact) mass is 448 g/mol. The minimum Gasteiger partial charge on any atom is -0.456 e. The molecule has 0 bridgehead atoms. The maximum atomic E-state index is 13.8. The SMILES string of the molecule is C=CC(=O)c1ccc(Oc2c(C)cc(F)cc2C)c(-c2cc(C(=O)NCC)c(=O)n(C)c2)c1. The van der Waals surface area contributed by atoms with Crippen LogP contribution in [0.2, 0.25) is 0 Å². The first kappa shape index (κ1) is 23.7. The molecule has 1 N–H and O–H groups in total. The van der Waals surface area contributed by atoms with Gasteiger partial charge in [-0.3, -0.25) is 14.4 Å². The summed E-state index contributed by atoms with van der Waals surface area (Å²) in [5.74, 6) is -0.283. The molecule has 0 aliphatic rings. The van der Waals surface area contributed by atoms with Crippen LogP contribution in [0.3, 0.4) is 0 Å². The molecule has 33 heavy (non-hydrogen) atoms. The standard InChI is InChI=1S/C26H25FN2O4/c1-6-22(30)17-8-9-23(33-24-15(3)10-19(27)11-16(24)4)20(12-17)18-13-21(25(31)28-7-2)26(32)29(5)14-18/h6,8-14H,1,7H2,2-5H3,(H,28,31). The molecule has 3 aromatic rings. The summed E-state index contributed by atoms with van der Waals surface area (Å²) >= 11 is 0. The fourth-order valence-electron chi connectivity index (χ4n) is 3.56. The molecular formula is C26H25FN2O4. The van der Waals surface area contributed by atoms with Gasteiger partial charge in [-0.15, -0.1) is 0 Å². The minimum absolute atomic E-state index is 0.0302. The number of allylic oxidation sites excluding steroid dienone is 1. The molecule has 0 aliphatic carbocycles. The lowest BCUT2D eigenvalue weighted by atomic mass is 9.99. The Labute approximate surface area is 191 Å². The lowest BCUT2D eigenvalue weighted by Gasteiger charge is -2.17. The van der Waals surface area contributed by atoms with Crippen molar-refractivity contribution >= 4 is 11.7 Å². The third-order valence-corrected chi connectivity index (χ3v) is 5.16. The summed E-state index contributed by atoms with van der Waals surface area (Å²) in [4.78, 5) is 37.3. The Hall–Kier alpha value is -4.00. The average molecular weight is 448 g/mol. The van der Waals surface area contributed by atoms with Gasteiger partial charge >= 0.3 is 0 Å². The number of nitrogens with one attached hydrogen (secondary N) is 1. The van der Waals surface area contributed by atoms with E-state index in [1.807, 2.05) is 0 Å². The number of ether oxygens (including phenoxy) is 1. The van der Waals surface area contributed by atoms with E-state index in [1.54, 1.807) is 52.2 Å². The molecular weight excluding hydrogens is 423 g/mol. The third kappa shape index (κ3) is 4.92. The second-order valence-electron chi connectivity index (χ2n) is 7.67. The number of hydrogen-bond donors (Lipinski definition) is 1. The second kappa shape index (κ2) is 9.65. The fourth-order valence-corrected chi connectivity index (χ4v) is 3.56. The number of aryl methyl sites for hydroxylation is 3. The highest BCUT2D eigenvalue weighted by Gasteiger charge is 2.18. The normalized spacial score (nSPS) is 10.6. The van der Waals surface area contributed by atoms with E-state index >= 15 is 0 Å². The van der Waals surface area contributed by atoms with Crippen molar-refractivity contribution in [1.29, 1.82) is 0 Å². The van der Waals surface area contributed by atoms with Gasteiger partial charge in [-0.25, -0.2) is 4.39 Å². The molecule has 1 aromatic heterocycles. The molecule has 0 fully saturated rings. The van der Waals surface area contributed by atoms with E-state index in [0.29, 0.717) is 45.9 Å². The topological polar surface area (TPSA) is 77.4 Å². The van der Waals surface area contributed by atoms with Crippen LogP contribution in [-0.4, -0.2) is 22.8 Å². The number of rotatable bonds is 7. The van der Waals surface area contributed by atoms with Gasteiger partial charge in [-0.1, -0.05) is 6.58 Å². The zero-order valence-electron chi connectivity index (χ0n) is 19.0. The van der Waals surface area contributed by atoms with Crippen LogP contribution in [0.4, 0.5) is 4.39 Å². The van der Waals surface area contributed by atoms with Crippen molar-refractivity contribution < 1.29 is 18.7 Å². The number of amides is 1. The first-order chi connectivity index (χ1) is 15.7. The van der Waals surface area contributed by atoms with Crippen molar-refractivity contribution in [2.45, 2.75) is 20.8 Å². The molecule has 1 amide bonds. The average Bonchev–Trinajstić information content (AvgIpc) is 2.77. The van der Waals surface area contributed by atoms with Crippen molar-refractivity contribution in [2.24, 2.45) is 7.05 Å². The number of pyridine rings is 1. The number of halogens is 1. The number of benzene rings is 2.